The van der Waals surface area contributed by atoms with Crippen molar-refractivity contribution in [3.8, 4) is 0 Å². The number of methoxy groups -OCH3 is 1. The molecule has 0 fully saturated rings. The number of nitrogens with zero attached hydrogens (tertiary/aromatic N) is 1. The van der Waals surface area contributed by atoms with Gasteiger partial charge >= 0.3 is 5.97 Å². The van der Waals surface area contributed by atoms with Gasteiger partial charge in [-0.3, -0.25) is 9.59 Å². The summed E-state index contributed by atoms with van der Waals surface area (Å²) in [5.41, 5.74) is 1.29. The van der Waals surface area contributed by atoms with Gasteiger partial charge in [-0.05, 0) is 31.2 Å². The second-order valence-electron chi connectivity index (χ2n) is 5.24. The summed E-state index contributed by atoms with van der Waals surface area (Å²) in [5, 5.41) is 2.60. The van der Waals surface area contributed by atoms with E-state index in [-0.39, 0.29) is 17.9 Å². The summed E-state index contributed by atoms with van der Waals surface area (Å²) < 4.78 is 4.69. The van der Waals surface area contributed by atoms with Crippen LogP contribution in [0.2, 0.25) is 0 Å². The Morgan fingerprint density at radius 1 is 1.00 bits per heavy atom. The highest BCUT2D eigenvalue weighted by atomic mass is 16.5. The van der Waals surface area contributed by atoms with Crippen LogP contribution in [0.25, 0.3) is 0 Å². The van der Waals surface area contributed by atoms with Crippen LogP contribution in [0.1, 0.15) is 23.7 Å². The quantitative estimate of drug-likeness (QED) is 0.648. The van der Waals surface area contributed by atoms with Crippen molar-refractivity contribution in [3.63, 3.8) is 0 Å². The highest BCUT2D eigenvalue weighted by Crippen LogP contribution is 2.17. The molecule has 0 saturated carbocycles. The standard InChI is InChI=1S/C19H20N2O4/c1-3-21(14-9-5-4-6-10-14)18(23)13-17(22)20-16-12-8-7-11-15(16)19(24)25-2/h4-12H,3,13H2,1-2H3,(H,20,22). The Labute approximate surface area is 146 Å². The Hall–Kier alpha value is -3.15. The number of rotatable bonds is 6. The number of carbonyl (C=O) groups excluding carboxylic acids is 3. The first kappa shape index (κ1) is 18.2. The zero-order valence-electron chi connectivity index (χ0n) is 14.2. The number of para-hydroxylation sites is 2. The summed E-state index contributed by atoms with van der Waals surface area (Å²) in [7, 11) is 1.27. The molecule has 0 unspecified atom stereocenters. The van der Waals surface area contributed by atoms with Crippen LogP contribution in [0.3, 0.4) is 0 Å². The van der Waals surface area contributed by atoms with E-state index >= 15 is 0 Å². The Balaban J connectivity index is 2.07. The molecular weight excluding hydrogens is 320 g/mol. The number of ether oxygens (including phenoxy) is 1. The Morgan fingerprint density at radius 3 is 2.28 bits per heavy atom. The Morgan fingerprint density at radius 2 is 1.64 bits per heavy atom. The van der Waals surface area contributed by atoms with Gasteiger partial charge in [0.2, 0.25) is 11.8 Å². The van der Waals surface area contributed by atoms with Crippen LogP contribution in [-0.2, 0) is 14.3 Å². The van der Waals surface area contributed by atoms with Gasteiger partial charge in [0.1, 0.15) is 6.42 Å². The van der Waals surface area contributed by atoms with Crippen LogP contribution in [0.4, 0.5) is 11.4 Å². The fourth-order valence-electron chi connectivity index (χ4n) is 2.42. The normalized spacial score (nSPS) is 10.0. The van der Waals surface area contributed by atoms with E-state index in [0.717, 1.165) is 5.69 Å². The lowest BCUT2D eigenvalue weighted by Gasteiger charge is -2.21. The highest BCUT2D eigenvalue weighted by Gasteiger charge is 2.19. The fourth-order valence-corrected chi connectivity index (χ4v) is 2.42. The largest absolute Gasteiger partial charge is 0.465 e. The van der Waals surface area contributed by atoms with E-state index in [2.05, 4.69) is 10.1 Å². The first-order valence-corrected chi connectivity index (χ1v) is 7.89. The van der Waals surface area contributed by atoms with Crippen LogP contribution in [0, 0.1) is 0 Å². The lowest BCUT2D eigenvalue weighted by molar-refractivity contribution is -0.125. The van der Waals surface area contributed by atoms with E-state index in [4.69, 9.17) is 0 Å². The first-order chi connectivity index (χ1) is 12.1. The Bertz CT molecular complexity index is 759. The van der Waals surface area contributed by atoms with Gasteiger partial charge in [0.15, 0.2) is 0 Å². The van der Waals surface area contributed by atoms with Crippen molar-refractivity contribution >= 4 is 29.2 Å². The Kier molecular flexibility index (Phi) is 6.28. The number of hydrogen-bond acceptors (Lipinski definition) is 4. The molecule has 1 N–H and O–H groups in total. The van der Waals surface area contributed by atoms with E-state index in [9.17, 15) is 14.4 Å². The predicted octanol–water partition coefficient (Wildman–Crippen LogP) is 2.85. The number of esters is 1. The number of anilines is 2. The van der Waals surface area contributed by atoms with E-state index in [1.54, 1.807) is 24.3 Å². The molecule has 0 radical (unpaired) electrons. The summed E-state index contributed by atoms with van der Waals surface area (Å²) >= 11 is 0. The van der Waals surface area contributed by atoms with Crippen LogP contribution in [0.5, 0.6) is 0 Å². The molecule has 0 spiro atoms. The molecule has 0 aliphatic heterocycles. The second-order valence-corrected chi connectivity index (χ2v) is 5.24. The number of hydrogen-bond donors (Lipinski definition) is 1. The molecule has 6 nitrogen and oxygen atoms in total. The third kappa shape index (κ3) is 4.67. The SMILES string of the molecule is CCN(C(=O)CC(=O)Nc1ccccc1C(=O)OC)c1ccccc1. The van der Waals surface area contributed by atoms with Crippen molar-refractivity contribution in [2.24, 2.45) is 0 Å². The van der Waals surface area contributed by atoms with Gasteiger partial charge in [-0.15, -0.1) is 0 Å². The van der Waals surface area contributed by atoms with E-state index < -0.39 is 11.9 Å². The van der Waals surface area contributed by atoms with Gasteiger partial charge in [0.05, 0.1) is 18.4 Å². The van der Waals surface area contributed by atoms with Crippen LogP contribution < -0.4 is 10.2 Å². The number of nitrogens with one attached hydrogen (secondary N) is 1. The minimum absolute atomic E-state index is 0.237. The van der Waals surface area contributed by atoms with Gasteiger partial charge in [0.25, 0.3) is 0 Å². The average molecular weight is 340 g/mol. The third-order valence-electron chi connectivity index (χ3n) is 3.60. The summed E-state index contributed by atoms with van der Waals surface area (Å²) in [4.78, 5) is 37.9. The maximum atomic E-state index is 12.4. The smallest absolute Gasteiger partial charge is 0.339 e. The van der Waals surface area contributed by atoms with Crippen molar-refractivity contribution in [2.45, 2.75) is 13.3 Å². The molecule has 0 aliphatic carbocycles. The van der Waals surface area contributed by atoms with E-state index in [1.165, 1.54) is 12.0 Å². The molecule has 0 saturated heterocycles. The number of amides is 2. The molecule has 0 heterocycles. The summed E-state index contributed by atoms with van der Waals surface area (Å²) in [6, 6.07) is 15.6. The predicted molar refractivity (Wildman–Crippen MR) is 95.5 cm³/mol. The molecule has 130 valence electrons. The minimum Gasteiger partial charge on any atom is -0.465 e. The summed E-state index contributed by atoms with van der Waals surface area (Å²) in [6.07, 6.45) is -0.321. The molecule has 25 heavy (non-hydrogen) atoms. The molecule has 6 heteroatoms. The van der Waals surface area contributed by atoms with Crippen LogP contribution >= 0.6 is 0 Å². The average Bonchev–Trinajstić information content (AvgIpc) is 2.63. The van der Waals surface area contributed by atoms with E-state index in [1.807, 2.05) is 37.3 Å². The second kappa shape index (κ2) is 8.63. The van der Waals surface area contributed by atoms with Crippen molar-refractivity contribution in [1.29, 1.82) is 0 Å². The van der Waals surface area contributed by atoms with Gasteiger partial charge in [0, 0.05) is 12.2 Å². The van der Waals surface area contributed by atoms with Gasteiger partial charge in [-0.2, -0.15) is 0 Å². The lowest BCUT2D eigenvalue weighted by Crippen LogP contribution is -2.33. The molecule has 0 aromatic heterocycles. The van der Waals surface area contributed by atoms with Crippen LogP contribution in [-0.4, -0.2) is 31.4 Å². The number of benzene rings is 2. The van der Waals surface area contributed by atoms with Gasteiger partial charge < -0.3 is 15.0 Å². The van der Waals surface area contributed by atoms with Crippen LogP contribution in [0.15, 0.2) is 54.6 Å². The van der Waals surface area contributed by atoms with Gasteiger partial charge in [-0.25, -0.2) is 4.79 Å². The summed E-state index contributed by atoms with van der Waals surface area (Å²) in [5.74, 6) is -1.36. The van der Waals surface area contributed by atoms with E-state index in [0.29, 0.717) is 12.2 Å². The molecular formula is C19H20N2O4. The fraction of sp³-hybridized carbons (Fsp3) is 0.211. The molecule has 2 aromatic carbocycles. The zero-order chi connectivity index (χ0) is 18.2. The molecule has 2 aromatic rings. The van der Waals surface area contributed by atoms with Crippen molar-refractivity contribution in [3.05, 3.63) is 60.2 Å². The topological polar surface area (TPSA) is 75.7 Å². The monoisotopic (exact) mass is 340 g/mol. The van der Waals surface area contributed by atoms with Crippen molar-refractivity contribution < 1.29 is 19.1 Å². The van der Waals surface area contributed by atoms with Crippen molar-refractivity contribution in [1.82, 2.24) is 0 Å². The zero-order valence-corrected chi connectivity index (χ0v) is 14.2. The molecule has 0 aliphatic rings. The lowest BCUT2D eigenvalue weighted by atomic mass is 10.1. The summed E-state index contributed by atoms with van der Waals surface area (Å²) in [6.45, 7) is 2.30. The van der Waals surface area contributed by atoms with Gasteiger partial charge in [-0.1, -0.05) is 30.3 Å². The minimum atomic E-state index is -0.554. The maximum Gasteiger partial charge on any atom is 0.339 e. The highest BCUT2D eigenvalue weighted by molar-refractivity contribution is 6.10. The maximum absolute atomic E-state index is 12.4. The molecule has 2 rings (SSSR count). The molecule has 0 bridgehead atoms. The third-order valence-corrected chi connectivity index (χ3v) is 3.60. The number of carbonyl (C=O) groups is 3. The van der Waals surface area contributed by atoms with Crippen molar-refractivity contribution in [2.75, 3.05) is 23.9 Å². The molecule has 0 atom stereocenters. The molecule has 2 amide bonds. The first-order valence-electron chi connectivity index (χ1n) is 7.89.